The zero-order valence-corrected chi connectivity index (χ0v) is 23.1. The van der Waals surface area contributed by atoms with E-state index in [0.717, 1.165) is 36.3 Å². The number of nitrogens with zero attached hydrogens (tertiary/aromatic N) is 1. The number of halogens is 1. The van der Waals surface area contributed by atoms with Crippen molar-refractivity contribution in [1.82, 2.24) is 10.6 Å². The van der Waals surface area contributed by atoms with E-state index in [1.54, 1.807) is 47.4 Å². The van der Waals surface area contributed by atoms with Crippen LogP contribution in [0.3, 0.4) is 0 Å². The summed E-state index contributed by atoms with van der Waals surface area (Å²) < 4.78 is 24.6. The average Bonchev–Trinajstić information content (AvgIpc) is 3.01. The highest BCUT2D eigenvalue weighted by molar-refractivity contribution is 6.06. The lowest BCUT2D eigenvalue weighted by Crippen LogP contribution is -2.31. The summed E-state index contributed by atoms with van der Waals surface area (Å²) in [6.45, 7) is 2.10. The first-order valence-corrected chi connectivity index (χ1v) is 13.4. The predicted molar refractivity (Wildman–Crippen MR) is 156 cm³/mol. The first-order valence-electron chi connectivity index (χ1n) is 13.4. The second kappa shape index (κ2) is 12.7. The lowest BCUT2D eigenvalue weighted by atomic mass is 9.99. The molecule has 0 aromatic heterocycles. The fourth-order valence-corrected chi connectivity index (χ4v) is 4.97. The van der Waals surface area contributed by atoms with E-state index in [2.05, 4.69) is 16.7 Å². The van der Waals surface area contributed by atoms with Crippen LogP contribution in [0, 0.1) is 5.82 Å². The van der Waals surface area contributed by atoms with Gasteiger partial charge in [0, 0.05) is 29.9 Å². The fourth-order valence-electron chi connectivity index (χ4n) is 4.97. The van der Waals surface area contributed by atoms with Crippen LogP contribution in [0.15, 0.2) is 84.9 Å². The maximum atomic E-state index is 14.0. The van der Waals surface area contributed by atoms with Crippen LogP contribution in [0.1, 0.15) is 43.0 Å². The Morgan fingerprint density at radius 2 is 1.66 bits per heavy atom. The molecule has 0 spiro atoms. The molecule has 2 N–H and O–H groups in total. The summed E-state index contributed by atoms with van der Waals surface area (Å²) in [5.74, 6) is 0.151. The van der Waals surface area contributed by atoms with Crippen molar-refractivity contribution in [2.24, 2.45) is 0 Å². The number of ether oxygens (including phenoxy) is 2. The number of hydrogen-bond donors (Lipinski definition) is 2. The Hall–Kier alpha value is -4.69. The molecule has 0 atom stereocenters. The van der Waals surface area contributed by atoms with Gasteiger partial charge in [0.05, 0.1) is 20.8 Å². The molecule has 5 rings (SSSR count). The van der Waals surface area contributed by atoms with Crippen molar-refractivity contribution >= 4 is 17.5 Å². The molecule has 7 nitrogen and oxygen atoms in total. The molecule has 0 bridgehead atoms. The molecular weight excluding hydrogens is 521 g/mol. The highest BCUT2D eigenvalue weighted by Crippen LogP contribution is 2.28. The number of hydrogen-bond acceptors (Lipinski definition) is 5. The fraction of sp³-hybridized carbons (Fsp3) is 0.212. The highest BCUT2D eigenvalue weighted by atomic mass is 19.1. The zero-order chi connectivity index (χ0) is 28.8. The van der Waals surface area contributed by atoms with E-state index in [4.69, 9.17) is 9.47 Å². The summed E-state index contributed by atoms with van der Waals surface area (Å²) in [5, 5.41) is 6.28. The zero-order valence-electron chi connectivity index (χ0n) is 23.1. The Bertz CT molecular complexity index is 1570. The Balaban J connectivity index is 1.37. The maximum Gasteiger partial charge on any atom is 0.258 e. The number of amides is 2. The van der Waals surface area contributed by atoms with Gasteiger partial charge in [0.2, 0.25) is 0 Å². The van der Waals surface area contributed by atoms with Crippen LogP contribution >= 0.6 is 0 Å². The van der Waals surface area contributed by atoms with Gasteiger partial charge in [0.1, 0.15) is 5.82 Å². The lowest BCUT2D eigenvalue weighted by Gasteiger charge is -2.26. The van der Waals surface area contributed by atoms with E-state index in [1.165, 1.54) is 31.9 Å². The van der Waals surface area contributed by atoms with E-state index in [-0.39, 0.29) is 30.7 Å². The van der Waals surface area contributed by atoms with Crippen LogP contribution in [0.25, 0.3) is 0 Å². The van der Waals surface area contributed by atoms with Crippen molar-refractivity contribution in [2.45, 2.75) is 26.1 Å². The summed E-state index contributed by atoms with van der Waals surface area (Å²) in [4.78, 5) is 28.4. The Kier molecular flexibility index (Phi) is 8.60. The van der Waals surface area contributed by atoms with Crippen LogP contribution in [0.5, 0.6) is 11.5 Å². The van der Waals surface area contributed by atoms with Gasteiger partial charge in [-0.1, -0.05) is 30.3 Å². The van der Waals surface area contributed by atoms with Crippen LogP contribution < -0.4 is 25.0 Å². The second-order valence-corrected chi connectivity index (χ2v) is 9.85. The van der Waals surface area contributed by atoms with Crippen molar-refractivity contribution < 1.29 is 23.5 Å². The molecule has 0 unspecified atom stereocenters. The molecule has 0 saturated carbocycles. The van der Waals surface area contributed by atoms with Crippen molar-refractivity contribution in [3.05, 3.63) is 124 Å². The number of carbonyl (C=O) groups is 2. The van der Waals surface area contributed by atoms with Gasteiger partial charge < -0.3 is 25.0 Å². The quantitative estimate of drug-likeness (QED) is 0.295. The summed E-state index contributed by atoms with van der Waals surface area (Å²) >= 11 is 0. The minimum Gasteiger partial charge on any atom is -0.493 e. The third kappa shape index (κ3) is 6.56. The number of benzene rings is 4. The van der Waals surface area contributed by atoms with E-state index >= 15 is 0 Å². The number of nitrogens with one attached hydrogen (secondary N) is 2. The average molecular weight is 554 g/mol. The first-order chi connectivity index (χ1) is 19.9. The van der Waals surface area contributed by atoms with Crippen molar-refractivity contribution in [1.29, 1.82) is 0 Å². The molecular formula is C33H32FN3O4. The van der Waals surface area contributed by atoms with Gasteiger partial charge >= 0.3 is 0 Å². The predicted octanol–water partition coefficient (Wildman–Crippen LogP) is 5.27. The summed E-state index contributed by atoms with van der Waals surface area (Å²) in [7, 11) is 3.05. The third-order valence-corrected chi connectivity index (χ3v) is 7.14. The van der Waals surface area contributed by atoms with Crippen LogP contribution in [-0.2, 0) is 26.1 Å². The van der Waals surface area contributed by atoms with E-state index in [1.807, 2.05) is 24.3 Å². The molecule has 0 aliphatic carbocycles. The third-order valence-electron chi connectivity index (χ3n) is 7.14. The molecule has 8 heteroatoms. The molecule has 2 amide bonds. The van der Waals surface area contributed by atoms with Gasteiger partial charge in [-0.2, -0.15) is 0 Å². The highest BCUT2D eigenvalue weighted by Gasteiger charge is 2.21. The van der Waals surface area contributed by atoms with Crippen molar-refractivity contribution in [2.75, 3.05) is 25.7 Å². The Labute approximate surface area is 238 Å². The monoisotopic (exact) mass is 553 g/mol. The number of methoxy groups -OCH3 is 2. The molecule has 0 saturated heterocycles. The second-order valence-electron chi connectivity index (χ2n) is 9.85. The SMILES string of the molecule is COc1ccc(C(=O)NCc2cccc(C(=O)N(Cc3cccc(F)c3)c3ccc4c(c3)CNCC4)c2)cc1OC. The summed E-state index contributed by atoms with van der Waals surface area (Å²) in [6, 6.07) is 24.5. The Morgan fingerprint density at radius 3 is 2.46 bits per heavy atom. The molecule has 0 radical (unpaired) electrons. The number of fused-ring (bicyclic) bond motifs is 1. The van der Waals surface area contributed by atoms with Gasteiger partial charge in [0.25, 0.3) is 11.8 Å². The van der Waals surface area contributed by atoms with E-state index in [0.29, 0.717) is 28.2 Å². The normalized spacial score (nSPS) is 12.3. The van der Waals surface area contributed by atoms with E-state index < -0.39 is 0 Å². The topological polar surface area (TPSA) is 79.9 Å². The van der Waals surface area contributed by atoms with Gasteiger partial charge in [-0.05, 0) is 89.8 Å². The van der Waals surface area contributed by atoms with Gasteiger partial charge in [0.15, 0.2) is 11.5 Å². The minimum absolute atomic E-state index is 0.211. The molecule has 1 heterocycles. The first kappa shape index (κ1) is 27.9. The number of carbonyl (C=O) groups excluding carboxylic acids is 2. The Morgan fingerprint density at radius 1 is 0.854 bits per heavy atom. The molecule has 4 aromatic rings. The lowest BCUT2D eigenvalue weighted by molar-refractivity contribution is 0.0949. The molecule has 210 valence electrons. The summed E-state index contributed by atoms with van der Waals surface area (Å²) in [6.07, 6.45) is 0.935. The number of anilines is 1. The van der Waals surface area contributed by atoms with Crippen molar-refractivity contribution in [3.63, 3.8) is 0 Å². The minimum atomic E-state index is -0.350. The van der Waals surface area contributed by atoms with Gasteiger partial charge in [-0.15, -0.1) is 0 Å². The van der Waals surface area contributed by atoms with Gasteiger partial charge in [-0.25, -0.2) is 4.39 Å². The maximum absolute atomic E-state index is 14.0. The molecule has 4 aromatic carbocycles. The number of rotatable bonds is 9. The van der Waals surface area contributed by atoms with Crippen molar-refractivity contribution in [3.8, 4) is 11.5 Å². The van der Waals surface area contributed by atoms with Crippen LogP contribution in [0.2, 0.25) is 0 Å². The molecule has 0 fully saturated rings. The van der Waals surface area contributed by atoms with Crippen LogP contribution in [0.4, 0.5) is 10.1 Å². The standard InChI is InChI=1S/C33H32FN3O4/c1-40-30-12-10-25(18-31(30)41-2)32(38)36-19-22-5-3-7-26(15-22)33(39)37(21-23-6-4-8-28(34)16-23)29-11-9-24-13-14-35-20-27(24)17-29/h3-12,15-18,35H,13-14,19-21H2,1-2H3,(H,36,38). The van der Waals surface area contributed by atoms with E-state index in [9.17, 15) is 14.0 Å². The largest absolute Gasteiger partial charge is 0.493 e. The molecule has 41 heavy (non-hydrogen) atoms. The van der Waals surface area contributed by atoms with Gasteiger partial charge in [-0.3, -0.25) is 9.59 Å². The smallest absolute Gasteiger partial charge is 0.258 e. The summed E-state index contributed by atoms with van der Waals surface area (Å²) in [5.41, 5.74) is 5.51. The van der Waals surface area contributed by atoms with Crippen LogP contribution in [-0.4, -0.2) is 32.6 Å². The molecule has 1 aliphatic heterocycles. The molecule has 1 aliphatic rings.